The van der Waals surface area contributed by atoms with Gasteiger partial charge < -0.3 is 4.42 Å². The van der Waals surface area contributed by atoms with Crippen LogP contribution < -0.4 is 5.63 Å². The molecule has 0 saturated carbocycles. The van der Waals surface area contributed by atoms with Crippen molar-refractivity contribution in [1.82, 2.24) is 0 Å². The number of hydrogen-bond acceptors (Lipinski definition) is 2. The number of benzene rings is 6. The number of fused-ring (bicyclic) bond motifs is 4. The van der Waals surface area contributed by atoms with Gasteiger partial charge in [-0.05, 0) is 55.9 Å². The Hall–Kier alpha value is -4.95. The summed E-state index contributed by atoms with van der Waals surface area (Å²) in [6.45, 7) is 0. The Labute approximate surface area is 220 Å². The van der Waals surface area contributed by atoms with E-state index in [1.165, 1.54) is 27.5 Å². The highest BCUT2D eigenvalue weighted by atomic mass is 16.4. The first-order valence-electron chi connectivity index (χ1n) is 12.8. The van der Waals surface area contributed by atoms with Gasteiger partial charge in [0.05, 0.1) is 5.56 Å². The molecule has 1 aromatic heterocycles. The van der Waals surface area contributed by atoms with Crippen LogP contribution in [0.15, 0.2) is 149 Å². The molecule has 2 heteroatoms. The molecule has 0 bridgehead atoms. The predicted octanol–water partition coefficient (Wildman–Crippen LogP) is 8.95. The third-order valence-corrected chi connectivity index (χ3v) is 7.44. The predicted molar refractivity (Wildman–Crippen MR) is 157 cm³/mol. The smallest absolute Gasteiger partial charge is 0.344 e. The van der Waals surface area contributed by atoms with Crippen molar-refractivity contribution >= 4 is 32.5 Å². The van der Waals surface area contributed by atoms with E-state index in [-0.39, 0.29) is 11.5 Å². The van der Waals surface area contributed by atoms with Gasteiger partial charge in [-0.2, -0.15) is 0 Å². The molecular formula is C36H24O2. The van der Waals surface area contributed by atoms with Gasteiger partial charge in [0.15, 0.2) is 0 Å². The first-order valence-corrected chi connectivity index (χ1v) is 12.8. The first-order chi connectivity index (χ1) is 18.7. The minimum atomic E-state index is -0.324. The summed E-state index contributed by atoms with van der Waals surface area (Å²) in [6.07, 6.45) is 0. The van der Waals surface area contributed by atoms with E-state index in [0.717, 1.165) is 21.7 Å². The molecule has 38 heavy (non-hydrogen) atoms. The van der Waals surface area contributed by atoms with Gasteiger partial charge in [0, 0.05) is 11.3 Å². The number of hydrogen-bond donors (Lipinski definition) is 0. The number of rotatable bonds is 4. The van der Waals surface area contributed by atoms with Crippen LogP contribution >= 0.6 is 0 Å². The normalized spacial score (nSPS) is 12.2. The Bertz CT molecular complexity index is 1980. The van der Waals surface area contributed by atoms with Crippen molar-refractivity contribution in [3.8, 4) is 11.1 Å². The molecule has 0 aliphatic heterocycles. The fraction of sp³-hybridized carbons (Fsp3) is 0.0278. The van der Waals surface area contributed by atoms with Crippen LogP contribution in [-0.2, 0) is 0 Å². The van der Waals surface area contributed by atoms with E-state index in [1.807, 2.05) is 48.5 Å². The lowest BCUT2D eigenvalue weighted by Crippen LogP contribution is -2.05. The molecule has 2 nitrogen and oxygen atoms in total. The molecule has 0 fully saturated rings. The highest BCUT2D eigenvalue weighted by Gasteiger charge is 2.18. The van der Waals surface area contributed by atoms with Crippen molar-refractivity contribution in [3.05, 3.63) is 167 Å². The first kappa shape index (κ1) is 22.3. The Kier molecular flexibility index (Phi) is 5.37. The lowest BCUT2D eigenvalue weighted by atomic mass is 9.84. The van der Waals surface area contributed by atoms with Crippen molar-refractivity contribution in [2.75, 3.05) is 0 Å². The van der Waals surface area contributed by atoms with E-state index in [4.69, 9.17) is 4.42 Å². The zero-order chi connectivity index (χ0) is 25.5. The fourth-order valence-electron chi connectivity index (χ4n) is 5.54. The maximum atomic E-state index is 13.0. The Morgan fingerprint density at radius 3 is 1.92 bits per heavy atom. The summed E-state index contributed by atoms with van der Waals surface area (Å²) in [6, 6.07) is 48.1. The summed E-state index contributed by atoms with van der Waals surface area (Å²) in [5, 5.41) is 5.60. The van der Waals surface area contributed by atoms with Crippen LogP contribution in [0.3, 0.4) is 0 Å². The van der Waals surface area contributed by atoms with E-state index >= 15 is 0 Å². The van der Waals surface area contributed by atoms with Gasteiger partial charge in [-0.1, -0.05) is 127 Å². The van der Waals surface area contributed by atoms with Gasteiger partial charge in [-0.15, -0.1) is 0 Å². The minimum absolute atomic E-state index is 0.0758. The zero-order valence-corrected chi connectivity index (χ0v) is 20.7. The topological polar surface area (TPSA) is 30.2 Å². The van der Waals surface area contributed by atoms with E-state index in [9.17, 15) is 4.79 Å². The molecule has 6 aromatic carbocycles. The third-order valence-electron chi connectivity index (χ3n) is 7.44. The standard InChI is InChI=1S/C36H24O2/c37-36-32(23-33-31-13-7-6-9-25(31)20-21-34(33)38-36)26-15-17-28(18-16-26)35(27-10-2-1-3-11-27)30-19-14-24-8-4-5-12-29(24)22-30/h1-23,35H. The maximum Gasteiger partial charge on any atom is 0.344 e. The summed E-state index contributed by atoms with van der Waals surface area (Å²) >= 11 is 0. The summed E-state index contributed by atoms with van der Waals surface area (Å²) < 4.78 is 5.76. The van der Waals surface area contributed by atoms with Gasteiger partial charge in [-0.3, -0.25) is 0 Å². The Morgan fingerprint density at radius 2 is 1.11 bits per heavy atom. The molecule has 180 valence electrons. The molecule has 0 spiro atoms. The zero-order valence-electron chi connectivity index (χ0n) is 20.7. The SMILES string of the molecule is O=c1oc2ccc3ccccc3c2cc1-c1ccc(C(c2ccccc2)c2ccc3ccccc3c2)cc1. The van der Waals surface area contributed by atoms with Crippen molar-refractivity contribution in [2.24, 2.45) is 0 Å². The van der Waals surface area contributed by atoms with E-state index in [1.54, 1.807) is 0 Å². The average molecular weight is 489 g/mol. The summed E-state index contributed by atoms with van der Waals surface area (Å²) in [5.41, 5.74) is 5.34. The molecule has 0 aliphatic carbocycles. The second kappa shape index (κ2) is 9.17. The Morgan fingerprint density at radius 1 is 0.474 bits per heavy atom. The maximum absolute atomic E-state index is 13.0. The molecule has 0 saturated heterocycles. The molecule has 7 aromatic rings. The fourth-order valence-corrected chi connectivity index (χ4v) is 5.54. The van der Waals surface area contributed by atoms with E-state index in [2.05, 4.69) is 91.0 Å². The average Bonchev–Trinajstić information content (AvgIpc) is 2.98. The van der Waals surface area contributed by atoms with Crippen molar-refractivity contribution in [2.45, 2.75) is 5.92 Å². The van der Waals surface area contributed by atoms with E-state index in [0.29, 0.717) is 11.1 Å². The van der Waals surface area contributed by atoms with Gasteiger partial charge in [0.2, 0.25) is 0 Å². The quantitative estimate of drug-likeness (QED) is 0.141. The largest absolute Gasteiger partial charge is 0.422 e. The molecule has 0 radical (unpaired) electrons. The molecule has 1 atom stereocenters. The van der Waals surface area contributed by atoms with Crippen LogP contribution in [0.5, 0.6) is 0 Å². The van der Waals surface area contributed by atoms with Gasteiger partial charge in [0.25, 0.3) is 0 Å². The van der Waals surface area contributed by atoms with Crippen molar-refractivity contribution in [3.63, 3.8) is 0 Å². The molecule has 1 unspecified atom stereocenters. The Balaban J connectivity index is 1.34. The molecule has 1 heterocycles. The molecule has 0 aliphatic rings. The second-order valence-electron chi connectivity index (χ2n) is 9.72. The minimum Gasteiger partial charge on any atom is -0.422 e. The molecule has 0 amide bonds. The highest BCUT2D eigenvalue weighted by molar-refractivity contribution is 6.06. The van der Waals surface area contributed by atoms with Crippen LogP contribution in [0.1, 0.15) is 22.6 Å². The third kappa shape index (κ3) is 3.88. The summed E-state index contributed by atoms with van der Waals surface area (Å²) in [4.78, 5) is 13.0. The summed E-state index contributed by atoms with van der Waals surface area (Å²) in [7, 11) is 0. The molecule has 0 N–H and O–H groups in total. The lowest BCUT2D eigenvalue weighted by Gasteiger charge is -2.20. The van der Waals surface area contributed by atoms with Gasteiger partial charge in [0.1, 0.15) is 5.58 Å². The van der Waals surface area contributed by atoms with Crippen LogP contribution in [0.2, 0.25) is 0 Å². The van der Waals surface area contributed by atoms with Crippen LogP contribution in [0, 0.1) is 0 Å². The van der Waals surface area contributed by atoms with Gasteiger partial charge in [-0.25, -0.2) is 4.79 Å². The molecule has 7 rings (SSSR count). The van der Waals surface area contributed by atoms with Crippen LogP contribution in [0.4, 0.5) is 0 Å². The van der Waals surface area contributed by atoms with Crippen LogP contribution in [0.25, 0.3) is 43.6 Å². The highest BCUT2D eigenvalue weighted by Crippen LogP contribution is 2.35. The van der Waals surface area contributed by atoms with E-state index < -0.39 is 0 Å². The van der Waals surface area contributed by atoms with Crippen molar-refractivity contribution < 1.29 is 4.42 Å². The second-order valence-corrected chi connectivity index (χ2v) is 9.72. The summed E-state index contributed by atoms with van der Waals surface area (Å²) in [5.74, 6) is 0.0758. The van der Waals surface area contributed by atoms with Gasteiger partial charge >= 0.3 is 5.63 Å². The molecular weight excluding hydrogens is 464 g/mol. The van der Waals surface area contributed by atoms with Crippen LogP contribution in [-0.4, -0.2) is 0 Å². The lowest BCUT2D eigenvalue weighted by molar-refractivity contribution is 0.564. The monoisotopic (exact) mass is 488 g/mol. The van der Waals surface area contributed by atoms with Crippen molar-refractivity contribution in [1.29, 1.82) is 0 Å².